The van der Waals surface area contributed by atoms with Crippen LogP contribution in [-0.4, -0.2) is 24.4 Å². The van der Waals surface area contributed by atoms with Crippen molar-refractivity contribution < 1.29 is 9.53 Å². The Kier molecular flexibility index (Phi) is 6.72. The summed E-state index contributed by atoms with van der Waals surface area (Å²) in [5.41, 5.74) is 7.13. The first kappa shape index (κ1) is 20.4. The fourth-order valence-electron chi connectivity index (χ4n) is 2.63. The number of allylic oxidation sites excluding steroid dienone is 1. The lowest BCUT2D eigenvalue weighted by Gasteiger charge is -2.17. The number of halogens is 2. The summed E-state index contributed by atoms with van der Waals surface area (Å²) in [4.78, 5) is 12.8. The number of hydrogen-bond acceptors (Lipinski definition) is 6. The fraction of sp³-hybridized carbons (Fsp3) is 0.158. The minimum atomic E-state index is -0.356. The van der Waals surface area contributed by atoms with Crippen molar-refractivity contribution >= 4 is 58.6 Å². The van der Waals surface area contributed by atoms with E-state index in [4.69, 9.17) is 39.1 Å². The molecule has 0 saturated carbocycles. The maximum atomic E-state index is 12.8. The summed E-state index contributed by atoms with van der Waals surface area (Å²) >= 11 is 14.1. The van der Waals surface area contributed by atoms with Crippen LogP contribution in [0.1, 0.15) is 16.8 Å². The predicted molar refractivity (Wildman–Crippen MR) is 117 cm³/mol. The molecule has 0 bridgehead atoms. The molecule has 0 unspecified atom stereocenters. The highest BCUT2D eigenvalue weighted by Gasteiger charge is 2.18. The molecule has 0 aliphatic carbocycles. The number of nitrogens with two attached hydrogens (primary N) is 1. The van der Waals surface area contributed by atoms with E-state index in [0.29, 0.717) is 27.0 Å². The molecule has 1 heterocycles. The van der Waals surface area contributed by atoms with Crippen LogP contribution in [0.3, 0.4) is 0 Å². The topological polar surface area (TPSA) is 91.4 Å². The van der Waals surface area contributed by atoms with Gasteiger partial charge in [-0.25, -0.2) is 0 Å². The molecule has 9 heteroatoms. The zero-order valence-corrected chi connectivity index (χ0v) is 17.1. The fourth-order valence-corrected chi connectivity index (χ4v) is 4.06. The van der Waals surface area contributed by atoms with Crippen LogP contribution in [0.5, 0.6) is 5.75 Å². The molecule has 1 aliphatic rings. The van der Waals surface area contributed by atoms with E-state index in [2.05, 4.69) is 9.62 Å². The summed E-state index contributed by atoms with van der Waals surface area (Å²) in [7, 11) is 0. The zero-order chi connectivity index (χ0) is 20.1. The standard InChI is InChI=1S/C19H18Cl2N4O2S/c20-12-6-13(8-15(7-12)27-16(10-22)11-23)24-19(26)17-9-14(2-3-18(17)21)25-4-1-5-28-25/h2-3,6-11,22H,1,4-5,23H2,(H,24,26)/b16-11+,22-10?. The van der Waals surface area contributed by atoms with Gasteiger partial charge in [0.05, 0.1) is 16.8 Å². The second-order valence-corrected chi connectivity index (χ2v) is 7.85. The van der Waals surface area contributed by atoms with Crippen molar-refractivity contribution in [2.75, 3.05) is 21.9 Å². The first-order valence-corrected chi connectivity index (χ1v) is 10.1. The van der Waals surface area contributed by atoms with Crippen LogP contribution >= 0.6 is 35.1 Å². The third-order valence-corrected chi connectivity index (χ3v) is 5.63. The number of amides is 1. The summed E-state index contributed by atoms with van der Waals surface area (Å²) in [6.07, 6.45) is 3.24. The predicted octanol–water partition coefficient (Wildman–Crippen LogP) is 4.93. The Bertz CT molecular complexity index is 930. The number of carbonyl (C=O) groups excluding carboxylic acids is 1. The van der Waals surface area contributed by atoms with E-state index < -0.39 is 0 Å². The molecular formula is C19H18Cl2N4O2S. The van der Waals surface area contributed by atoms with Gasteiger partial charge >= 0.3 is 0 Å². The van der Waals surface area contributed by atoms with Crippen molar-refractivity contribution in [2.24, 2.45) is 5.73 Å². The van der Waals surface area contributed by atoms with Gasteiger partial charge in [-0.05, 0) is 48.7 Å². The van der Waals surface area contributed by atoms with Gasteiger partial charge < -0.3 is 25.5 Å². The molecule has 28 heavy (non-hydrogen) atoms. The van der Waals surface area contributed by atoms with Crippen LogP contribution < -0.4 is 20.1 Å². The molecule has 1 aliphatic heterocycles. The van der Waals surface area contributed by atoms with Crippen LogP contribution in [0, 0.1) is 5.41 Å². The number of anilines is 2. The lowest BCUT2D eigenvalue weighted by molar-refractivity contribution is 0.102. The summed E-state index contributed by atoms with van der Waals surface area (Å²) in [5, 5.41) is 10.7. The van der Waals surface area contributed by atoms with Gasteiger partial charge in [0.1, 0.15) is 5.75 Å². The molecule has 4 N–H and O–H groups in total. The van der Waals surface area contributed by atoms with Crippen LogP contribution in [0.25, 0.3) is 0 Å². The van der Waals surface area contributed by atoms with Gasteiger partial charge in [0.25, 0.3) is 5.91 Å². The molecule has 0 aromatic heterocycles. The van der Waals surface area contributed by atoms with Crippen molar-refractivity contribution in [3.8, 4) is 5.75 Å². The molecule has 0 radical (unpaired) electrons. The van der Waals surface area contributed by atoms with Crippen molar-refractivity contribution in [3.63, 3.8) is 0 Å². The Morgan fingerprint density at radius 2 is 2.11 bits per heavy atom. The molecular weight excluding hydrogens is 419 g/mol. The molecule has 2 aromatic carbocycles. The largest absolute Gasteiger partial charge is 0.454 e. The summed E-state index contributed by atoms with van der Waals surface area (Å²) in [5.74, 6) is 1.20. The van der Waals surface area contributed by atoms with Gasteiger partial charge in [0, 0.05) is 41.0 Å². The van der Waals surface area contributed by atoms with Crippen molar-refractivity contribution in [1.29, 1.82) is 5.41 Å². The smallest absolute Gasteiger partial charge is 0.257 e. The lowest BCUT2D eigenvalue weighted by atomic mass is 10.1. The van der Waals surface area contributed by atoms with Gasteiger partial charge in [-0.15, -0.1) is 0 Å². The molecule has 0 spiro atoms. The highest BCUT2D eigenvalue weighted by atomic mass is 35.5. The van der Waals surface area contributed by atoms with E-state index in [1.807, 2.05) is 6.07 Å². The maximum absolute atomic E-state index is 12.8. The van der Waals surface area contributed by atoms with Gasteiger partial charge in [-0.3, -0.25) is 4.79 Å². The molecule has 1 amide bonds. The first-order valence-electron chi connectivity index (χ1n) is 8.42. The second-order valence-electron chi connectivity index (χ2n) is 5.90. The average Bonchev–Trinajstić information content (AvgIpc) is 3.20. The van der Waals surface area contributed by atoms with E-state index >= 15 is 0 Å². The minimum Gasteiger partial charge on any atom is -0.454 e. The number of nitrogens with zero attached hydrogens (tertiary/aromatic N) is 1. The number of ether oxygens (including phenoxy) is 1. The van der Waals surface area contributed by atoms with E-state index in [0.717, 1.165) is 36.8 Å². The number of carbonyl (C=O) groups is 1. The van der Waals surface area contributed by atoms with Gasteiger partial charge in [0.15, 0.2) is 5.76 Å². The number of hydrogen-bond donors (Lipinski definition) is 3. The number of rotatable bonds is 6. The SMILES string of the molecule is N=C/C(=C\N)Oc1cc(Cl)cc(NC(=O)c2cc(N3CCCS3)ccc2Cl)c1. The average molecular weight is 437 g/mol. The van der Waals surface area contributed by atoms with Crippen molar-refractivity contribution in [3.05, 3.63) is 64.0 Å². The Morgan fingerprint density at radius 3 is 2.79 bits per heavy atom. The highest BCUT2D eigenvalue weighted by molar-refractivity contribution is 8.00. The highest BCUT2D eigenvalue weighted by Crippen LogP contribution is 2.32. The van der Waals surface area contributed by atoms with Crippen LogP contribution in [0.2, 0.25) is 10.0 Å². The monoisotopic (exact) mass is 436 g/mol. The van der Waals surface area contributed by atoms with Crippen LogP contribution in [-0.2, 0) is 0 Å². The number of benzene rings is 2. The summed E-state index contributed by atoms with van der Waals surface area (Å²) in [6, 6.07) is 10.1. The minimum absolute atomic E-state index is 0.151. The Labute approximate surface area is 177 Å². The lowest BCUT2D eigenvalue weighted by Crippen LogP contribution is -2.15. The van der Waals surface area contributed by atoms with Gasteiger partial charge in [-0.1, -0.05) is 23.2 Å². The molecule has 2 aromatic rings. The third-order valence-electron chi connectivity index (χ3n) is 3.91. The van der Waals surface area contributed by atoms with Crippen molar-refractivity contribution in [1.82, 2.24) is 0 Å². The second kappa shape index (κ2) is 9.23. The van der Waals surface area contributed by atoms with E-state index in [1.54, 1.807) is 42.3 Å². The van der Waals surface area contributed by atoms with E-state index in [1.165, 1.54) is 0 Å². The Hall–Kier alpha value is -2.35. The Morgan fingerprint density at radius 1 is 1.29 bits per heavy atom. The normalized spacial score (nSPS) is 14.1. The maximum Gasteiger partial charge on any atom is 0.257 e. The van der Waals surface area contributed by atoms with E-state index in [-0.39, 0.29) is 11.7 Å². The quantitative estimate of drug-likeness (QED) is 0.339. The van der Waals surface area contributed by atoms with Crippen LogP contribution in [0.15, 0.2) is 48.4 Å². The number of nitrogens with one attached hydrogen (secondary N) is 2. The van der Waals surface area contributed by atoms with Gasteiger partial charge in [0.2, 0.25) is 0 Å². The molecule has 6 nitrogen and oxygen atoms in total. The zero-order valence-electron chi connectivity index (χ0n) is 14.7. The molecule has 146 valence electrons. The molecule has 3 rings (SSSR count). The van der Waals surface area contributed by atoms with Crippen LogP contribution in [0.4, 0.5) is 11.4 Å². The molecule has 0 atom stereocenters. The summed E-state index contributed by atoms with van der Waals surface area (Å²) < 4.78 is 7.60. The molecule has 1 saturated heterocycles. The molecule has 1 fully saturated rings. The van der Waals surface area contributed by atoms with Crippen molar-refractivity contribution in [2.45, 2.75) is 6.42 Å². The Balaban J connectivity index is 1.82. The first-order chi connectivity index (χ1) is 13.5. The summed E-state index contributed by atoms with van der Waals surface area (Å²) in [6.45, 7) is 0.937. The van der Waals surface area contributed by atoms with Gasteiger partial charge in [-0.2, -0.15) is 0 Å². The van der Waals surface area contributed by atoms with E-state index in [9.17, 15) is 4.79 Å². The third kappa shape index (κ3) is 4.92.